The van der Waals surface area contributed by atoms with Crippen molar-refractivity contribution in [1.82, 2.24) is 15.6 Å². The van der Waals surface area contributed by atoms with Crippen molar-refractivity contribution >= 4 is 5.91 Å². The Morgan fingerprint density at radius 1 is 0.950 bits per heavy atom. The number of carbonyl (C=O) groups is 1. The molecule has 0 saturated carbocycles. The fourth-order valence-corrected chi connectivity index (χ4v) is 4.22. The molecule has 1 amide bonds. The Bertz CT molecular complexity index is 1520. The first-order chi connectivity index (χ1) is 19.4. The van der Waals surface area contributed by atoms with Crippen molar-refractivity contribution in [2.75, 3.05) is 13.1 Å². The normalized spacial score (nSPS) is 10.6. The molecule has 0 fully saturated rings. The summed E-state index contributed by atoms with van der Waals surface area (Å²) < 4.78 is 26.7. The molecule has 204 valence electrons. The summed E-state index contributed by atoms with van der Waals surface area (Å²) in [6.45, 7) is 5.63. The zero-order valence-corrected chi connectivity index (χ0v) is 22.5. The summed E-state index contributed by atoms with van der Waals surface area (Å²) in [6, 6.07) is 22.0. The lowest BCUT2D eigenvalue weighted by molar-refractivity contribution is -0.118. The van der Waals surface area contributed by atoms with E-state index in [9.17, 15) is 14.4 Å². The van der Waals surface area contributed by atoms with Crippen LogP contribution in [0, 0.1) is 24.1 Å². The second-order valence-electron chi connectivity index (χ2n) is 9.27. The van der Waals surface area contributed by atoms with E-state index in [0.717, 1.165) is 27.8 Å². The Labute approximate surface area is 233 Å². The zero-order valence-electron chi connectivity index (χ0n) is 22.5. The third-order valence-corrected chi connectivity index (χ3v) is 6.35. The molecular formula is C32H31FN4O3. The van der Waals surface area contributed by atoms with Gasteiger partial charge < -0.3 is 20.1 Å². The van der Waals surface area contributed by atoms with Crippen LogP contribution >= 0.6 is 0 Å². The monoisotopic (exact) mass is 538 g/mol. The van der Waals surface area contributed by atoms with Crippen LogP contribution < -0.4 is 20.1 Å². The van der Waals surface area contributed by atoms with Crippen molar-refractivity contribution in [3.05, 3.63) is 113 Å². The first kappa shape index (κ1) is 28.3. The van der Waals surface area contributed by atoms with E-state index >= 15 is 0 Å². The van der Waals surface area contributed by atoms with Crippen molar-refractivity contribution < 1.29 is 18.7 Å². The quantitative estimate of drug-likeness (QED) is 0.233. The average molecular weight is 539 g/mol. The Hall–Kier alpha value is -4.74. The summed E-state index contributed by atoms with van der Waals surface area (Å²) in [4.78, 5) is 15.2. The van der Waals surface area contributed by atoms with Crippen molar-refractivity contribution in [3.8, 4) is 28.7 Å². The number of benzene rings is 3. The van der Waals surface area contributed by atoms with Crippen molar-refractivity contribution in [1.29, 1.82) is 5.26 Å². The number of nitrogens with zero attached hydrogens (tertiary/aromatic N) is 2. The molecular weight excluding hydrogens is 507 g/mol. The van der Waals surface area contributed by atoms with Gasteiger partial charge in [0.1, 0.15) is 36.6 Å². The summed E-state index contributed by atoms with van der Waals surface area (Å²) in [6.07, 6.45) is 3.17. The van der Waals surface area contributed by atoms with Gasteiger partial charge in [-0.25, -0.2) is 4.39 Å². The molecule has 0 saturated heterocycles. The molecule has 2 N–H and O–H groups in total. The number of hydrogen-bond acceptors (Lipinski definition) is 6. The van der Waals surface area contributed by atoms with Crippen LogP contribution in [0.2, 0.25) is 0 Å². The number of amides is 1. The van der Waals surface area contributed by atoms with Crippen LogP contribution in [0.25, 0.3) is 11.1 Å². The molecule has 0 unspecified atom stereocenters. The standard InChI is InChI=1S/C32H31FN4O3/c1-22-27(6-5-8-29(22)30-7-3-4-9-31(30)33)21-39-28-11-10-26(19-35-12-13-37-23(2)38)32(15-28)40-20-25-14-24(16-34)17-36-18-25/h3-11,14-15,17-18,35H,12-13,19-21H2,1-2H3,(H,37,38). The lowest BCUT2D eigenvalue weighted by atomic mass is 9.96. The largest absolute Gasteiger partial charge is 0.489 e. The number of aromatic nitrogens is 1. The maximum absolute atomic E-state index is 14.4. The highest BCUT2D eigenvalue weighted by molar-refractivity contribution is 5.72. The van der Waals surface area contributed by atoms with E-state index in [1.54, 1.807) is 24.4 Å². The molecule has 0 aliphatic rings. The minimum Gasteiger partial charge on any atom is -0.489 e. The molecule has 7 nitrogen and oxygen atoms in total. The number of halogens is 1. The SMILES string of the molecule is CC(=O)NCCNCc1ccc(OCc2cccc(-c3ccccc3F)c2C)cc1OCc1cncc(C#N)c1. The summed E-state index contributed by atoms with van der Waals surface area (Å²) in [5.41, 5.74) is 5.44. The molecule has 3 aromatic carbocycles. The Balaban J connectivity index is 1.49. The van der Waals surface area contributed by atoms with Crippen LogP contribution in [0.1, 0.15) is 34.7 Å². The van der Waals surface area contributed by atoms with Crippen molar-refractivity contribution in [3.63, 3.8) is 0 Å². The molecule has 40 heavy (non-hydrogen) atoms. The van der Waals surface area contributed by atoms with E-state index in [1.807, 2.05) is 49.4 Å². The highest BCUT2D eigenvalue weighted by Gasteiger charge is 2.12. The first-order valence-electron chi connectivity index (χ1n) is 13.0. The maximum Gasteiger partial charge on any atom is 0.216 e. The predicted octanol–water partition coefficient (Wildman–Crippen LogP) is 5.45. The van der Waals surface area contributed by atoms with E-state index in [2.05, 4.69) is 21.7 Å². The molecule has 4 rings (SSSR count). The van der Waals surface area contributed by atoms with Gasteiger partial charge in [0.2, 0.25) is 5.91 Å². The van der Waals surface area contributed by atoms with Crippen LogP contribution in [-0.4, -0.2) is 24.0 Å². The fraction of sp³-hybridized carbons (Fsp3) is 0.219. The minimum atomic E-state index is -0.262. The first-order valence-corrected chi connectivity index (χ1v) is 13.0. The summed E-state index contributed by atoms with van der Waals surface area (Å²) in [5.74, 6) is 0.915. The number of pyridine rings is 1. The number of nitrogens with one attached hydrogen (secondary N) is 2. The number of hydrogen-bond donors (Lipinski definition) is 2. The van der Waals surface area contributed by atoms with Crippen LogP contribution in [0.5, 0.6) is 11.5 Å². The molecule has 0 bridgehead atoms. The molecule has 0 atom stereocenters. The molecule has 0 spiro atoms. The number of carbonyl (C=O) groups excluding carboxylic acids is 1. The number of rotatable bonds is 12. The fourth-order valence-electron chi connectivity index (χ4n) is 4.22. The molecule has 8 heteroatoms. The average Bonchev–Trinajstić information content (AvgIpc) is 2.96. The van der Waals surface area contributed by atoms with Gasteiger partial charge in [0.25, 0.3) is 0 Å². The second kappa shape index (κ2) is 13.9. The van der Waals surface area contributed by atoms with Gasteiger partial charge in [-0.15, -0.1) is 0 Å². The van der Waals surface area contributed by atoms with E-state index in [0.29, 0.717) is 48.9 Å². The van der Waals surface area contributed by atoms with Crippen LogP contribution in [-0.2, 0) is 24.6 Å². The van der Waals surface area contributed by atoms with Gasteiger partial charge >= 0.3 is 0 Å². The maximum atomic E-state index is 14.4. The van der Waals surface area contributed by atoms with Gasteiger partial charge in [-0.1, -0.05) is 42.5 Å². The topological polar surface area (TPSA) is 96.3 Å². The van der Waals surface area contributed by atoms with Crippen LogP contribution in [0.4, 0.5) is 4.39 Å². The summed E-state index contributed by atoms with van der Waals surface area (Å²) >= 11 is 0. The van der Waals surface area contributed by atoms with Crippen LogP contribution in [0.3, 0.4) is 0 Å². The van der Waals surface area contributed by atoms with E-state index in [4.69, 9.17) is 9.47 Å². The zero-order chi connectivity index (χ0) is 28.3. The highest BCUT2D eigenvalue weighted by atomic mass is 19.1. The second-order valence-corrected chi connectivity index (χ2v) is 9.27. The van der Waals surface area contributed by atoms with Gasteiger partial charge in [-0.2, -0.15) is 5.26 Å². The van der Waals surface area contributed by atoms with Crippen LogP contribution in [0.15, 0.2) is 79.1 Å². The van der Waals surface area contributed by atoms with E-state index in [1.165, 1.54) is 19.2 Å². The predicted molar refractivity (Wildman–Crippen MR) is 151 cm³/mol. The van der Waals surface area contributed by atoms with Gasteiger partial charge in [0.15, 0.2) is 0 Å². The lowest BCUT2D eigenvalue weighted by Gasteiger charge is -2.16. The molecule has 1 heterocycles. The third-order valence-electron chi connectivity index (χ3n) is 6.35. The highest BCUT2D eigenvalue weighted by Crippen LogP contribution is 2.30. The number of nitriles is 1. The molecule has 1 aromatic heterocycles. The van der Waals surface area contributed by atoms with E-state index in [-0.39, 0.29) is 18.3 Å². The molecule has 4 aromatic rings. The minimum absolute atomic E-state index is 0.0739. The van der Waals surface area contributed by atoms with Gasteiger partial charge in [0.05, 0.1) is 5.56 Å². The Morgan fingerprint density at radius 2 is 1.77 bits per heavy atom. The lowest BCUT2D eigenvalue weighted by Crippen LogP contribution is -2.30. The van der Waals surface area contributed by atoms with Crippen molar-refractivity contribution in [2.45, 2.75) is 33.6 Å². The van der Waals surface area contributed by atoms with Crippen molar-refractivity contribution in [2.24, 2.45) is 0 Å². The summed E-state index contributed by atoms with van der Waals surface area (Å²) in [5, 5.41) is 15.2. The Kier molecular flexibility index (Phi) is 9.81. The smallest absolute Gasteiger partial charge is 0.216 e. The molecule has 0 radical (unpaired) electrons. The third kappa shape index (κ3) is 7.65. The van der Waals surface area contributed by atoms with E-state index < -0.39 is 0 Å². The molecule has 0 aliphatic heterocycles. The molecule has 0 aliphatic carbocycles. The number of ether oxygens (including phenoxy) is 2. The van der Waals surface area contributed by atoms with Gasteiger partial charge in [-0.05, 0) is 41.8 Å². The summed E-state index contributed by atoms with van der Waals surface area (Å²) in [7, 11) is 0. The van der Waals surface area contributed by atoms with Gasteiger partial charge in [-0.3, -0.25) is 9.78 Å². The van der Waals surface area contributed by atoms with Gasteiger partial charge in [0, 0.05) is 61.7 Å². The Morgan fingerprint density at radius 3 is 2.58 bits per heavy atom.